The number of hydrogen-bond acceptors (Lipinski definition) is 4. The third-order valence-corrected chi connectivity index (χ3v) is 14.0. The quantitative estimate of drug-likeness (QED) is 0.160. The SMILES string of the molecule is c1ccc2c(c1)oc1c(-c3ccc(-c4ccc(-c5ccc(N(c6ccc(-c7cccc8c7oc7ccccc78)cc6)c6cccc7c6sc6ccccc67)cc5)cc4)cc3)cccc12. The van der Waals surface area contributed by atoms with E-state index in [2.05, 4.69) is 205 Å². The molecule has 13 aromatic rings. The summed E-state index contributed by atoms with van der Waals surface area (Å²) in [7, 11) is 0. The second-order valence-electron chi connectivity index (χ2n) is 16.4. The van der Waals surface area contributed by atoms with E-state index in [1.54, 1.807) is 0 Å². The Bertz CT molecular complexity index is 3870. The first-order valence-corrected chi connectivity index (χ1v) is 22.5. The summed E-state index contributed by atoms with van der Waals surface area (Å²) >= 11 is 1.85. The lowest BCUT2D eigenvalue weighted by Gasteiger charge is -2.26. The Balaban J connectivity index is 0.829. The molecule has 0 aliphatic carbocycles. The van der Waals surface area contributed by atoms with E-state index in [0.717, 1.165) is 83.2 Å². The van der Waals surface area contributed by atoms with E-state index < -0.39 is 0 Å². The van der Waals surface area contributed by atoms with Crippen molar-refractivity contribution in [3.8, 4) is 44.5 Å². The third-order valence-electron chi connectivity index (χ3n) is 12.7. The van der Waals surface area contributed by atoms with Crippen molar-refractivity contribution in [2.45, 2.75) is 0 Å². The van der Waals surface area contributed by atoms with Crippen molar-refractivity contribution in [2.24, 2.45) is 0 Å². The predicted octanol–water partition coefficient (Wildman–Crippen LogP) is 18.0. The lowest BCUT2D eigenvalue weighted by molar-refractivity contribution is 0.669. The molecule has 0 fully saturated rings. The zero-order valence-corrected chi connectivity index (χ0v) is 35.4. The number of anilines is 3. The summed E-state index contributed by atoms with van der Waals surface area (Å²) in [5, 5.41) is 7.11. The van der Waals surface area contributed by atoms with Gasteiger partial charge in [-0.25, -0.2) is 0 Å². The lowest BCUT2D eigenvalue weighted by atomic mass is 9.97. The average Bonchev–Trinajstić information content (AvgIpc) is 4.07. The Hall–Kier alpha value is -8.18. The molecule has 4 heteroatoms. The van der Waals surface area contributed by atoms with Gasteiger partial charge in [0.25, 0.3) is 0 Å². The van der Waals surface area contributed by atoms with Gasteiger partial charge in [-0.15, -0.1) is 11.3 Å². The van der Waals surface area contributed by atoms with E-state index in [9.17, 15) is 0 Å². The summed E-state index contributed by atoms with van der Waals surface area (Å²) in [5.74, 6) is 0. The van der Waals surface area contributed by atoms with Crippen molar-refractivity contribution < 1.29 is 8.83 Å². The van der Waals surface area contributed by atoms with Crippen LogP contribution in [0.2, 0.25) is 0 Å². The molecule has 300 valence electrons. The Morgan fingerprint density at radius 2 is 0.688 bits per heavy atom. The molecule has 3 aromatic heterocycles. The van der Waals surface area contributed by atoms with Crippen LogP contribution in [0.4, 0.5) is 17.1 Å². The lowest BCUT2D eigenvalue weighted by Crippen LogP contribution is -2.10. The summed E-state index contributed by atoms with van der Waals surface area (Å²) in [6, 6.07) is 80.4. The van der Waals surface area contributed by atoms with Crippen LogP contribution in [-0.2, 0) is 0 Å². The minimum Gasteiger partial charge on any atom is -0.455 e. The van der Waals surface area contributed by atoms with Crippen LogP contribution in [-0.4, -0.2) is 0 Å². The molecule has 0 spiro atoms. The molecule has 0 amide bonds. The summed E-state index contributed by atoms with van der Waals surface area (Å²) < 4.78 is 15.3. The second-order valence-corrected chi connectivity index (χ2v) is 17.4. The highest BCUT2D eigenvalue weighted by molar-refractivity contribution is 7.26. The number of thiophene rings is 1. The van der Waals surface area contributed by atoms with Crippen molar-refractivity contribution in [3.63, 3.8) is 0 Å². The fraction of sp³-hybridized carbons (Fsp3) is 0. The Kier molecular flexibility index (Phi) is 8.40. The molecule has 10 aromatic carbocycles. The van der Waals surface area contributed by atoms with Crippen LogP contribution in [0.15, 0.2) is 233 Å². The van der Waals surface area contributed by atoms with Gasteiger partial charge in [0.1, 0.15) is 22.3 Å². The van der Waals surface area contributed by atoms with Crippen LogP contribution in [0.25, 0.3) is 109 Å². The van der Waals surface area contributed by atoms with Crippen molar-refractivity contribution in [1.29, 1.82) is 0 Å². The van der Waals surface area contributed by atoms with Crippen LogP contribution < -0.4 is 4.90 Å². The molecule has 13 rings (SSSR count). The van der Waals surface area contributed by atoms with Crippen molar-refractivity contribution in [1.82, 2.24) is 0 Å². The number of rotatable bonds is 7. The summed E-state index contributed by atoms with van der Waals surface area (Å²) in [4.78, 5) is 2.40. The van der Waals surface area contributed by atoms with Crippen LogP contribution in [0, 0.1) is 0 Å². The fourth-order valence-corrected chi connectivity index (χ4v) is 10.8. The van der Waals surface area contributed by atoms with Crippen LogP contribution in [0.1, 0.15) is 0 Å². The van der Waals surface area contributed by atoms with Crippen molar-refractivity contribution in [2.75, 3.05) is 4.90 Å². The van der Waals surface area contributed by atoms with Gasteiger partial charge in [-0.1, -0.05) is 176 Å². The standard InChI is InChI=1S/C60H37NO2S/c1-4-19-55-48(10-1)51-15-7-13-46(58(51)62-55)42-28-26-40(27-29-42)38-22-24-39(25-23-38)41-30-34-44(35-31-41)61(54-18-9-17-53-50-12-3-6-21-57(50)64-60(53)54)45-36-32-43(33-37-45)47-14-8-16-52-49-11-2-5-20-56(49)63-59(47)52/h1-37H. The molecule has 0 aliphatic heterocycles. The fourth-order valence-electron chi connectivity index (χ4n) is 9.57. The zero-order valence-electron chi connectivity index (χ0n) is 34.5. The van der Waals surface area contributed by atoms with Gasteiger partial charge in [-0.05, 0) is 81.9 Å². The molecule has 0 N–H and O–H groups in total. The smallest absolute Gasteiger partial charge is 0.143 e. The van der Waals surface area contributed by atoms with Gasteiger partial charge >= 0.3 is 0 Å². The first-order chi connectivity index (χ1) is 31.7. The highest BCUT2D eigenvalue weighted by atomic mass is 32.1. The maximum atomic E-state index is 6.44. The zero-order chi connectivity index (χ0) is 42.1. The third kappa shape index (κ3) is 5.95. The average molecular weight is 836 g/mol. The molecule has 3 nitrogen and oxygen atoms in total. The molecule has 0 saturated heterocycles. The number of benzene rings is 10. The summed E-state index contributed by atoms with van der Waals surface area (Å²) in [5.41, 5.74) is 16.1. The number of furan rings is 2. The monoisotopic (exact) mass is 835 g/mol. The number of fused-ring (bicyclic) bond motifs is 9. The first kappa shape index (κ1) is 36.5. The Morgan fingerprint density at radius 3 is 1.22 bits per heavy atom. The highest BCUT2D eigenvalue weighted by Gasteiger charge is 2.20. The molecule has 0 unspecified atom stereocenters. The normalized spacial score (nSPS) is 11.8. The molecule has 0 saturated carbocycles. The van der Waals surface area contributed by atoms with E-state index in [1.165, 1.54) is 42.4 Å². The number of para-hydroxylation sites is 4. The maximum Gasteiger partial charge on any atom is 0.143 e. The van der Waals surface area contributed by atoms with Gasteiger partial charge in [-0.2, -0.15) is 0 Å². The van der Waals surface area contributed by atoms with E-state index in [-0.39, 0.29) is 0 Å². The molecule has 0 bridgehead atoms. The number of hydrogen-bond donors (Lipinski definition) is 0. The Labute approximate surface area is 373 Å². The molecule has 0 aliphatic rings. The van der Waals surface area contributed by atoms with Crippen molar-refractivity contribution >= 4 is 92.4 Å². The molecular weight excluding hydrogens is 799 g/mol. The topological polar surface area (TPSA) is 29.5 Å². The van der Waals surface area contributed by atoms with E-state index >= 15 is 0 Å². The van der Waals surface area contributed by atoms with Gasteiger partial charge in [0.2, 0.25) is 0 Å². The minimum atomic E-state index is 0.906. The van der Waals surface area contributed by atoms with Gasteiger partial charge < -0.3 is 13.7 Å². The Morgan fingerprint density at radius 1 is 0.297 bits per heavy atom. The molecule has 64 heavy (non-hydrogen) atoms. The van der Waals surface area contributed by atoms with E-state index in [0.29, 0.717) is 0 Å². The second kappa shape index (κ2) is 14.7. The molecule has 0 atom stereocenters. The minimum absolute atomic E-state index is 0.906. The van der Waals surface area contributed by atoms with Gasteiger partial charge in [0.05, 0.1) is 10.4 Å². The van der Waals surface area contributed by atoms with E-state index in [1.807, 2.05) is 35.6 Å². The summed E-state index contributed by atoms with van der Waals surface area (Å²) in [6.45, 7) is 0. The van der Waals surface area contributed by atoms with Gasteiger partial charge in [0.15, 0.2) is 0 Å². The summed E-state index contributed by atoms with van der Waals surface area (Å²) in [6.07, 6.45) is 0. The highest BCUT2D eigenvalue weighted by Crippen LogP contribution is 2.46. The van der Waals surface area contributed by atoms with Gasteiger partial charge in [0, 0.05) is 59.5 Å². The molecule has 0 radical (unpaired) electrons. The van der Waals surface area contributed by atoms with Crippen molar-refractivity contribution in [3.05, 3.63) is 224 Å². The van der Waals surface area contributed by atoms with Gasteiger partial charge in [-0.3, -0.25) is 0 Å². The number of nitrogens with zero attached hydrogens (tertiary/aromatic N) is 1. The predicted molar refractivity (Wildman–Crippen MR) is 270 cm³/mol. The van der Waals surface area contributed by atoms with Crippen LogP contribution in [0.5, 0.6) is 0 Å². The maximum absolute atomic E-state index is 6.44. The molecular formula is C60H37NO2S. The molecule has 3 heterocycles. The largest absolute Gasteiger partial charge is 0.455 e. The first-order valence-electron chi connectivity index (χ1n) is 21.6. The van der Waals surface area contributed by atoms with E-state index in [4.69, 9.17) is 8.83 Å². The van der Waals surface area contributed by atoms with Crippen LogP contribution in [0.3, 0.4) is 0 Å². The van der Waals surface area contributed by atoms with Crippen LogP contribution >= 0.6 is 11.3 Å².